The summed E-state index contributed by atoms with van der Waals surface area (Å²) in [6, 6.07) is 8.76. The van der Waals surface area contributed by atoms with E-state index >= 15 is 0 Å². The van der Waals surface area contributed by atoms with E-state index in [1.807, 2.05) is 19.1 Å². The number of non-ortho nitro benzene ring substituents is 1. The maximum Gasteiger partial charge on any atom is 0.339 e. The average molecular weight is 352 g/mol. The largest absolute Gasteiger partial charge is 0.478 e. The molecule has 0 aliphatic rings. The zero-order valence-electron chi connectivity index (χ0n) is 10.9. The van der Waals surface area contributed by atoms with Gasteiger partial charge in [-0.1, -0.05) is 6.07 Å². The van der Waals surface area contributed by atoms with Crippen LogP contribution in [0.2, 0.25) is 0 Å². The quantitative estimate of drug-likeness (QED) is 0.659. The van der Waals surface area contributed by atoms with Gasteiger partial charge < -0.3 is 9.84 Å². The van der Waals surface area contributed by atoms with Crippen LogP contribution in [0.15, 0.2) is 40.9 Å². The first kappa shape index (κ1) is 15.0. The minimum absolute atomic E-state index is 0.0395. The maximum absolute atomic E-state index is 11.2. The zero-order valence-corrected chi connectivity index (χ0v) is 12.5. The number of nitro benzene ring substituents is 1. The second-order valence-corrected chi connectivity index (χ2v) is 5.13. The van der Waals surface area contributed by atoms with Crippen LogP contribution in [0, 0.1) is 17.0 Å². The molecule has 0 aliphatic carbocycles. The van der Waals surface area contributed by atoms with Crippen molar-refractivity contribution in [3.05, 3.63) is 62.1 Å². The van der Waals surface area contributed by atoms with Crippen LogP contribution in [0.3, 0.4) is 0 Å². The molecule has 0 amide bonds. The molecule has 0 heterocycles. The molecule has 2 aromatic carbocycles. The smallest absolute Gasteiger partial charge is 0.339 e. The molecule has 0 aliphatic heterocycles. The highest BCUT2D eigenvalue weighted by atomic mass is 79.9. The van der Waals surface area contributed by atoms with Crippen molar-refractivity contribution < 1.29 is 19.6 Å². The van der Waals surface area contributed by atoms with E-state index in [4.69, 9.17) is 9.84 Å². The summed E-state index contributed by atoms with van der Waals surface area (Å²) in [6.45, 7) is 1.91. The molecule has 21 heavy (non-hydrogen) atoms. The summed E-state index contributed by atoms with van der Waals surface area (Å²) in [5.74, 6) is -0.827. The molecular formula is C14H10BrNO5. The molecule has 7 heteroatoms. The number of rotatable bonds is 4. The lowest BCUT2D eigenvalue weighted by Gasteiger charge is -2.10. The van der Waals surface area contributed by atoms with E-state index in [1.165, 1.54) is 12.1 Å². The fourth-order valence-corrected chi connectivity index (χ4v) is 2.27. The van der Waals surface area contributed by atoms with Gasteiger partial charge >= 0.3 is 5.97 Å². The topological polar surface area (TPSA) is 89.7 Å². The number of aryl methyl sites for hydroxylation is 1. The van der Waals surface area contributed by atoms with E-state index in [-0.39, 0.29) is 17.0 Å². The standard InChI is InChI=1S/C14H10BrNO5/c1-8-2-4-13(11(15)6-8)21-12-5-3-9(16(19)20)7-10(12)14(17)18/h2-7H,1H3,(H,17,18). The maximum atomic E-state index is 11.2. The average Bonchev–Trinajstić information content (AvgIpc) is 2.41. The van der Waals surface area contributed by atoms with Gasteiger partial charge in [0.2, 0.25) is 0 Å². The Morgan fingerprint density at radius 2 is 1.90 bits per heavy atom. The molecule has 0 spiro atoms. The number of carbonyl (C=O) groups is 1. The Morgan fingerprint density at radius 1 is 1.24 bits per heavy atom. The second-order valence-electron chi connectivity index (χ2n) is 4.28. The number of carboxylic acids is 1. The van der Waals surface area contributed by atoms with E-state index in [2.05, 4.69) is 15.9 Å². The summed E-state index contributed by atoms with van der Waals surface area (Å²) in [5.41, 5.74) is 0.441. The lowest BCUT2D eigenvalue weighted by Crippen LogP contribution is -2.02. The number of nitro groups is 1. The number of ether oxygens (including phenoxy) is 1. The van der Waals surface area contributed by atoms with Gasteiger partial charge in [-0.25, -0.2) is 4.79 Å². The normalized spacial score (nSPS) is 10.2. The van der Waals surface area contributed by atoms with Crippen LogP contribution in [-0.4, -0.2) is 16.0 Å². The first-order valence-corrected chi connectivity index (χ1v) is 6.63. The summed E-state index contributed by atoms with van der Waals surface area (Å²) in [7, 11) is 0. The second kappa shape index (κ2) is 5.92. The molecule has 0 bridgehead atoms. The Hall–Kier alpha value is -2.41. The Bertz CT molecular complexity index is 729. The van der Waals surface area contributed by atoms with Crippen molar-refractivity contribution in [1.82, 2.24) is 0 Å². The van der Waals surface area contributed by atoms with Crippen LogP contribution in [0.4, 0.5) is 5.69 Å². The van der Waals surface area contributed by atoms with Gasteiger partial charge in [0.1, 0.15) is 17.1 Å². The van der Waals surface area contributed by atoms with Gasteiger partial charge in [-0.2, -0.15) is 0 Å². The van der Waals surface area contributed by atoms with Crippen molar-refractivity contribution in [1.29, 1.82) is 0 Å². The molecule has 6 nitrogen and oxygen atoms in total. The highest BCUT2D eigenvalue weighted by Crippen LogP contribution is 2.33. The van der Waals surface area contributed by atoms with Gasteiger partial charge in [-0.05, 0) is 46.6 Å². The number of hydrogen-bond donors (Lipinski definition) is 1. The molecule has 0 unspecified atom stereocenters. The van der Waals surface area contributed by atoms with E-state index < -0.39 is 10.9 Å². The van der Waals surface area contributed by atoms with Crippen LogP contribution < -0.4 is 4.74 Å². The lowest BCUT2D eigenvalue weighted by molar-refractivity contribution is -0.384. The number of hydrogen-bond acceptors (Lipinski definition) is 4. The van der Waals surface area contributed by atoms with Gasteiger partial charge in [0.25, 0.3) is 5.69 Å². The molecule has 0 atom stereocenters. The third-order valence-corrected chi connectivity index (χ3v) is 3.33. The fourth-order valence-electron chi connectivity index (χ4n) is 1.69. The van der Waals surface area contributed by atoms with Gasteiger partial charge in [0.05, 0.1) is 9.40 Å². The minimum Gasteiger partial charge on any atom is -0.478 e. The third kappa shape index (κ3) is 3.38. The van der Waals surface area contributed by atoms with E-state index in [0.717, 1.165) is 11.6 Å². The number of benzene rings is 2. The predicted molar refractivity (Wildman–Crippen MR) is 79.0 cm³/mol. The van der Waals surface area contributed by atoms with Crippen molar-refractivity contribution in [3.63, 3.8) is 0 Å². The van der Waals surface area contributed by atoms with Crippen LogP contribution in [0.5, 0.6) is 11.5 Å². The van der Waals surface area contributed by atoms with Crippen molar-refractivity contribution in [3.8, 4) is 11.5 Å². The van der Waals surface area contributed by atoms with Crippen LogP contribution in [-0.2, 0) is 0 Å². The van der Waals surface area contributed by atoms with E-state index in [9.17, 15) is 14.9 Å². The monoisotopic (exact) mass is 351 g/mol. The molecule has 0 saturated heterocycles. The number of aromatic carboxylic acids is 1. The summed E-state index contributed by atoms with van der Waals surface area (Å²) < 4.78 is 6.21. The molecule has 2 aromatic rings. The summed E-state index contributed by atoms with van der Waals surface area (Å²) in [6.07, 6.45) is 0. The molecular weight excluding hydrogens is 342 g/mol. The predicted octanol–water partition coefficient (Wildman–Crippen LogP) is 4.16. The molecule has 0 aromatic heterocycles. The molecule has 0 fully saturated rings. The highest BCUT2D eigenvalue weighted by molar-refractivity contribution is 9.10. The van der Waals surface area contributed by atoms with Gasteiger partial charge in [-0.15, -0.1) is 0 Å². The SMILES string of the molecule is Cc1ccc(Oc2ccc([N+](=O)[O-])cc2C(=O)O)c(Br)c1. The van der Waals surface area contributed by atoms with Crippen molar-refractivity contribution in [2.45, 2.75) is 6.92 Å². The van der Waals surface area contributed by atoms with Crippen LogP contribution >= 0.6 is 15.9 Å². The number of carboxylic acid groups (broad SMARTS) is 1. The summed E-state index contributed by atoms with van der Waals surface area (Å²) in [5, 5.41) is 19.9. The Labute approximate surface area is 128 Å². The first-order chi connectivity index (χ1) is 9.88. The Balaban J connectivity index is 2.44. The van der Waals surface area contributed by atoms with E-state index in [1.54, 1.807) is 6.07 Å². The van der Waals surface area contributed by atoms with Gasteiger partial charge in [0.15, 0.2) is 0 Å². The summed E-state index contributed by atoms with van der Waals surface area (Å²) >= 11 is 3.32. The van der Waals surface area contributed by atoms with Gasteiger partial charge in [0, 0.05) is 12.1 Å². The highest BCUT2D eigenvalue weighted by Gasteiger charge is 2.18. The summed E-state index contributed by atoms with van der Waals surface area (Å²) in [4.78, 5) is 21.3. The van der Waals surface area contributed by atoms with Crippen LogP contribution in [0.25, 0.3) is 0 Å². The fraction of sp³-hybridized carbons (Fsp3) is 0.0714. The van der Waals surface area contributed by atoms with E-state index in [0.29, 0.717) is 10.2 Å². The van der Waals surface area contributed by atoms with Crippen molar-refractivity contribution in [2.75, 3.05) is 0 Å². The number of nitrogens with zero attached hydrogens (tertiary/aromatic N) is 1. The Kier molecular flexibility index (Phi) is 4.23. The lowest BCUT2D eigenvalue weighted by atomic mass is 10.1. The van der Waals surface area contributed by atoms with Crippen LogP contribution in [0.1, 0.15) is 15.9 Å². The molecule has 0 radical (unpaired) electrons. The minimum atomic E-state index is -1.29. The third-order valence-electron chi connectivity index (χ3n) is 2.71. The molecule has 1 N–H and O–H groups in total. The number of halogens is 1. The van der Waals surface area contributed by atoms with Crippen molar-refractivity contribution in [2.24, 2.45) is 0 Å². The van der Waals surface area contributed by atoms with Crippen molar-refractivity contribution >= 4 is 27.6 Å². The molecule has 0 saturated carbocycles. The molecule has 108 valence electrons. The first-order valence-electron chi connectivity index (χ1n) is 5.84. The zero-order chi connectivity index (χ0) is 15.6. The van der Waals surface area contributed by atoms with Gasteiger partial charge in [-0.3, -0.25) is 10.1 Å². The Morgan fingerprint density at radius 3 is 2.48 bits per heavy atom. The molecule has 2 rings (SSSR count).